The quantitative estimate of drug-likeness (QED) is 0.497. The van der Waals surface area contributed by atoms with E-state index in [-0.39, 0.29) is 30.6 Å². The number of alkyl halides is 6. The summed E-state index contributed by atoms with van der Waals surface area (Å²) in [5, 5.41) is 0.148. The van der Waals surface area contributed by atoms with E-state index in [0.29, 0.717) is 17.6 Å². The van der Waals surface area contributed by atoms with E-state index in [2.05, 4.69) is 10.4 Å². The number of nitrogens with zero attached hydrogens (tertiary/aromatic N) is 3. The van der Waals surface area contributed by atoms with Crippen molar-refractivity contribution in [2.75, 3.05) is 37.6 Å². The largest absolute Gasteiger partial charge is 0.416 e. The number of rotatable bonds is 7. The number of nitrogens with one attached hydrogen (secondary N) is 1. The van der Waals surface area contributed by atoms with Gasteiger partial charge in [0.05, 0.1) is 35.1 Å². The number of likely N-dealkylation sites (N-methyl/N-ethyl adjacent to an activating group) is 1. The summed E-state index contributed by atoms with van der Waals surface area (Å²) >= 11 is 0. The van der Waals surface area contributed by atoms with Gasteiger partial charge in [-0.2, -0.15) is 31.0 Å². The van der Waals surface area contributed by atoms with E-state index in [1.807, 2.05) is 0 Å². The van der Waals surface area contributed by atoms with Crippen molar-refractivity contribution in [1.82, 2.24) is 9.66 Å². The van der Waals surface area contributed by atoms with Crippen molar-refractivity contribution >= 4 is 22.8 Å². The van der Waals surface area contributed by atoms with Gasteiger partial charge in [-0.1, -0.05) is 12.1 Å². The first-order valence-electron chi connectivity index (χ1n) is 10.1. The van der Waals surface area contributed by atoms with E-state index in [1.54, 1.807) is 25.2 Å². The summed E-state index contributed by atoms with van der Waals surface area (Å²) < 4.78 is 84.6. The van der Waals surface area contributed by atoms with E-state index in [9.17, 15) is 35.9 Å². The van der Waals surface area contributed by atoms with Crippen molar-refractivity contribution in [3.05, 3.63) is 69.5 Å². The third kappa shape index (κ3) is 6.10. The number of amides is 1. The van der Waals surface area contributed by atoms with Crippen LogP contribution in [0.25, 0.3) is 10.9 Å². The zero-order chi connectivity index (χ0) is 26.0. The molecule has 35 heavy (non-hydrogen) atoms. The van der Waals surface area contributed by atoms with E-state index in [1.165, 1.54) is 18.1 Å². The van der Waals surface area contributed by atoms with Gasteiger partial charge in [0.15, 0.2) is 0 Å². The minimum absolute atomic E-state index is 0.000812. The van der Waals surface area contributed by atoms with Gasteiger partial charge in [0, 0.05) is 20.7 Å². The lowest BCUT2D eigenvalue weighted by atomic mass is 10.0. The second-order valence-electron chi connectivity index (χ2n) is 7.61. The number of hydrogen-bond acceptors (Lipinski definition) is 5. The van der Waals surface area contributed by atoms with Gasteiger partial charge in [0.2, 0.25) is 11.9 Å². The summed E-state index contributed by atoms with van der Waals surface area (Å²) in [6.07, 6.45) is -11.0. The molecule has 0 saturated carbocycles. The number of hydrogen-bond donors (Lipinski definition) is 1. The Morgan fingerprint density at radius 3 is 2.23 bits per heavy atom. The van der Waals surface area contributed by atoms with Crippen LogP contribution in [0.15, 0.2) is 47.3 Å². The van der Waals surface area contributed by atoms with E-state index in [4.69, 9.17) is 4.74 Å². The van der Waals surface area contributed by atoms with Crippen LogP contribution >= 0.6 is 0 Å². The molecule has 0 unspecified atom stereocenters. The maximum Gasteiger partial charge on any atom is 0.416 e. The number of benzene rings is 2. The van der Waals surface area contributed by atoms with Crippen LogP contribution in [0.4, 0.5) is 32.3 Å². The number of para-hydroxylation sites is 1. The minimum Gasteiger partial charge on any atom is -0.383 e. The second kappa shape index (κ2) is 9.94. The van der Waals surface area contributed by atoms with Crippen molar-refractivity contribution in [3.63, 3.8) is 0 Å². The Labute approximate surface area is 194 Å². The number of ether oxygens (including phenoxy) is 1. The molecule has 0 spiro atoms. The fourth-order valence-electron chi connectivity index (χ4n) is 3.28. The number of aromatic nitrogens is 2. The Morgan fingerprint density at radius 2 is 1.66 bits per heavy atom. The molecule has 0 radical (unpaired) electrons. The molecule has 0 saturated heterocycles. The molecule has 188 valence electrons. The number of methoxy groups -OCH3 is 1. The lowest BCUT2D eigenvalue weighted by Crippen LogP contribution is -2.39. The predicted octanol–water partition coefficient (Wildman–Crippen LogP) is 3.83. The Balaban J connectivity index is 2.00. The van der Waals surface area contributed by atoms with Crippen molar-refractivity contribution in [2.24, 2.45) is 0 Å². The van der Waals surface area contributed by atoms with Gasteiger partial charge in [0.1, 0.15) is 0 Å². The van der Waals surface area contributed by atoms with Crippen molar-refractivity contribution in [1.29, 1.82) is 0 Å². The number of fused-ring (bicyclic) bond motifs is 1. The Morgan fingerprint density at radius 1 is 1.06 bits per heavy atom. The molecule has 1 N–H and O–H groups in total. The summed E-state index contributed by atoms with van der Waals surface area (Å²) in [6.45, 7) is 0.511. The SMILES string of the molecule is COCCN(C)c1nc2ccccc2c(=O)n1NC(=O)Cc1cc(C(F)(F)F)cc(C(F)(F)F)c1. The standard InChI is InChI=1S/C22H20F6N4O3/c1-31(7-8-35-2)20-29-17-6-4-3-5-16(17)19(34)32(20)30-18(33)11-13-9-14(21(23,24)25)12-15(10-13)22(26,27)28/h3-6,9-10,12H,7-8,11H2,1-2H3,(H,30,33). The lowest BCUT2D eigenvalue weighted by molar-refractivity contribution is -0.143. The first-order valence-corrected chi connectivity index (χ1v) is 10.1. The van der Waals surface area contributed by atoms with Gasteiger partial charge >= 0.3 is 12.4 Å². The first-order chi connectivity index (χ1) is 16.3. The number of carbonyl (C=O) groups excluding carboxylic acids is 1. The molecule has 0 bridgehead atoms. The van der Waals surface area contributed by atoms with Crippen LogP contribution in [0.1, 0.15) is 16.7 Å². The van der Waals surface area contributed by atoms with Gasteiger partial charge in [0.25, 0.3) is 5.56 Å². The highest BCUT2D eigenvalue weighted by Gasteiger charge is 2.37. The molecule has 1 aromatic heterocycles. The van der Waals surface area contributed by atoms with Crippen LogP contribution in [0.3, 0.4) is 0 Å². The molecule has 3 rings (SSSR count). The topological polar surface area (TPSA) is 76.5 Å². The third-order valence-electron chi connectivity index (χ3n) is 4.98. The molecule has 0 aliphatic heterocycles. The number of anilines is 1. The van der Waals surface area contributed by atoms with Crippen molar-refractivity contribution in [2.45, 2.75) is 18.8 Å². The van der Waals surface area contributed by atoms with Crippen LogP contribution in [0, 0.1) is 0 Å². The highest BCUT2D eigenvalue weighted by molar-refractivity contribution is 5.87. The molecule has 1 heterocycles. The fourth-order valence-corrected chi connectivity index (χ4v) is 3.28. The molecule has 1 amide bonds. The Kier molecular flexibility index (Phi) is 7.38. The van der Waals surface area contributed by atoms with Crippen LogP contribution in [0.2, 0.25) is 0 Å². The zero-order valence-corrected chi connectivity index (χ0v) is 18.5. The van der Waals surface area contributed by atoms with Gasteiger partial charge in [-0.15, -0.1) is 0 Å². The van der Waals surface area contributed by atoms with E-state index in [0.717, 1.165) is 4.68 Å². The summed E-state index contributed by atoms with van der Waals surface area (Å²) in [4.78, 5) is 31.6. The van der Waals surface area contributed by atoms with Gasteiger partial charge in [-0.25, -0.2) is 4.98 Å². The van der Waals surface area contributed by atoms with Crippen LogP contribution in [-0.4, -0.2) is 42.9 Å². The first kappa shape index (κ1) is 26.0. The molecule has 7 nitrogen and oxygen atoms in total. The van der Waals surface area contributed by atoms with Crippen LogP contribution in [0.5, 0.6) is 0 Å². The van der Waals surface area contributed by atoms with E-state index >= 15 is 0 Å². The summed E-state index contributed by atoms with van der Waals surface area (Å²) in [7, 11) is 3.03. The Bertz CT molecular complexity index is 1250. The second-order valence-corrected chi connectivity index (χ2v) is 7.61. The van der Waals surface area contributed by atoms with Gasteiger partial charge in [-0.05, 0) is 35.9 Å². The summed E-state index contributed by atoms with van der Waals surface area (Å²) in [6, 6.07) is 7.17. The average Bonchev–Trinajstić information content (AvgIpc) is 2.77. The molecule has 3 aromatic rings. The summed E-state index contributed by atoms with van der Waals surface area (Å²) in [5.41, 5.74) is -1.71. The maximum absolute atomic E-state index is 13.1. The number of carbonyl (C=O) groups is 1. The minimum atomic E-state index is -5.05. The maximum atomic E-state index is 13.1. The third-order valence-corrected chi connectivity index (χ3v) is 4.98. The molecule has 13 heteroatoms. The molecule has 2 aromatic carbocycles. The fraction of sp³-hybridized carbons (Fsp3) is 0.318. The normalized spacial score (nSPS) is 12.1. The zero-order valence-electron chi connectivity index (χ0n) is 18.5. The molecule has 0 aliphatic carbocycles. The van der Waals surface area contributed by atoms with E-state index < -0.39 is 46.9 Å². The molecular weight excluding hydrogens is 482 g/mol. The molecule has 0 aliphatic rings. The van der Waals surface area contributed by atoms with Crippen molar-refractivity contribution in [3.8, 4) is 0 Å². The van der Waals surface area contributed by atoms with Crippen LogP contribution < -0.4 is 15.9 Å². The highest BCUT2D eigenvalue weighted by atomic mass is 19.4. The monoisotopic (exact) mass is 502 g/mol. The van der Waals surface area contributed by atoms with Crippen molar-refractivity contribution < 1.29 is 35.9 Å². The summed E-state index contributed by atoms with van der Waals surface area (Å²) in [5.74, 6) is -1.02. The highest BCUT2D eigenvalue weighted by Crippen LogP contribution is 2.36. The predicted molar refractivity (Wildman–Crippen MR) is 116 cm³/mol. The van der Waals surface area contributed by atoms with Gasteiger partial charge in [-0.3, -0.25) is 15.0 Å². The smallest absolute Gasteiger partial charge is 0.383 e. The Hall–Kier alpha value is -3.61. The molecular formula is C22H20F6N4O3. The molecule has 0 fully saturated rings. The number of halogens is 6. The van der Waals surface area contributed by atoms with Crippen LogP contribution in [-0.2, 0) is 28.3 Å². The van der Waals surface area contributed by atoms with Gasteiger partial charge < -0.3 is 9.64 Å². The average molecular weight is 502 g/mol. The lowest BCUT2D eigenvalue weighted by Gasteiger charge is -2.22. The molecule has 0 atom stereocenters.